The zero-order valence-corrected chi connectivity index (χ0v) is 17.1. The van der Waals surface area contributed by atoms with Gasteiger partial charge in [-0.2, -0.15) is 0 Å². The first-order chi connectivity index (χ1) is 14.3. The fraction of sp³-hybridized carbons (Fsp3) is 0.381. The molecule has 3 heterocycles. The Balaban J connectivity index is 1.28. The van der Waals surface area contributed by atoms with Crippen molar-refractivity contribution >= 4 is 29.0 Å². The summed E-state index contributed by atoms with van der Waals surface area (Å²) in [6, 6.07) is 11.9. The lowest BCUT2D eigenvalue weighted by Crippen LogP contribution is -2.23. The molecule has 1 aromatic carbocycles. The number of carbonyl (C=O) groups is 1. The third-order valence-corrected chi connectivity index (χ3v) is 5.92. The number of hydrogen-bond acceptors (Lipinski definition) is 6. The van der Waals surface area contributed by atoms with Crippen LogP contribution in [0.4, 0.5) is 11.4 Å². The number of anilines is 2. The average Bonchev–Trinajstić information content (AvgIpc) is 3.33. The molecule has 8 heteroatoms. The Morgan fingerprint density at radius 1 is 1.10 bits per heavy atom. The second-order valence-corrected chi connectivity index (χ2v) is 8.05. The van der Waals surface area contributed by atoms with E-state index in [0.717, 1.165) is 24.5 Å². The summed E-state index contributed by atoms with van der Waals surface area (Å²) in [5.74, 6) is 1.02. The number of rotatable bonds is 7. The van der Waals surface area contributed by atoms with Crippen LogP contribution in [-0.4, -0.2) is 39.5 Å². The molecule has 152 valence electrons. The lowest BCUT2D eigenvalue weighted by Gasteiger charge is -2.22. The van der Waals surface area contributed by atoms with Crippen LogP contribution < -0.4 is 10.2 Å². The Bertz CT molecular complexity index is 900. The van der Waals surface area contributed by atoms with Crippen LogP contribution in [0.25, 0.3) is 0 Å². The fourth-order valence-electron chi connectivity index (χ4n) is 3.45. The molecule has 1 saturated heterocycles. The van der Waals surface area contributed by atoms with E-state index in [9.17, 15) is 4.79 Å². The zero-order chi connectivity index (χ0) is 19.9. The zero-order valence-electron chi connectivity index (χ0n) is 16.3. The molecule has 1 aliphatic heterocycles. The van der Waals surface area contributed by atoms with Crippen molar-refractivity contribution in [3.8, 4) is 0 Å². The first-order valence-corrected chi connectivity index (χ1v) is 10.9. The Labute approximate surface area is 174 Å². The minimum atomic E-state index is -0.0647. The Hall–Kier alpha value is -2.74. The van der Waals surface area contributed by atoms with Crippen molar-refractivity contribution in [3.05, 3.63) is 54.7 Å². The van der Waals surface area contributed by atoms with Gasteiger partial charge in [-0.25, -0.2) is 0 Å². The Kier molecular flexibility index (Phi) is 6.51. The maximum absolute atomic E-state index is 12.3. The van der Waals surface area contributed by atoms with E-state index in [2.05, 4.69) is 32.5 Å². The van der Waals surface area contributed by atoms with E-state index in [1.165, 1.54) is 43.1 Å². The van der Waals surface area contributed by atoms with Crippen molar-refractivity contribution in [2.75, 3.05) is 29.1 Å². The molecule has 2 aromatic heterocycles. The molecule has 0 atom stereocenters. The van der Waals surface area contributed by atoms with Gasteiger partial charge in [0, 0.05) is 24.5 Å². The smallest absolute Gasteiger partial charge is 0.234 e. The maximum Gasteiger partial charge on any atom is 0.234 e. The van der Waals surface area contributed by atoms with E-state index in [0.29, 0.717) is 11.7 Å². The quantitative estimate of drug-likeness (QED) is 0.592. The van der Waals surface area contributed by atoms with Crippen LogP contribution in [-0.2, 0) is 11.3 Å². The van der Waals surface area contributed by atoms with Crippen LogP contribution in [0.1, 0.15) is 31.4 Å². The molecule has 0 aliphatic carbocycles. The molecular weight excluding hydrogens is 386 g/mol. The van der Waals surface area contributed by atoms with Gasteiger partial charge in [-0.3, -0.25) is 4.79 Å². The van der Waals surface area contributed by atoms with Gasteiger partial charge < -0.3 is 19.2 Å². The highest BCUT2D eigenvalue weighted by atomic mass is 32.2. The van der Waals surface area contributed by atoms with Gasteiger partial charge in [-0.05, 0) is 49.2 Å². The second-order valence-electron chi connectivity index (χ2n) is 7.11. The molecule has 0 bridgehead atoms. The van der Waals surface area contributed by atoms with Gasteiger partial charge in [-0.15, -0.1) is 10.2 Å². The summed E-state index contributed by atoms with van der Waals surface area (Å²) in [7, 11) is 0. The third kappa shape index (κ3) is 5.41. The van der Waals surface area contributed by atoms with Gasteiger partial charge in [0.05, 0.1) is 18.6 Å². The van der Waals surface area contributed by atoms with Crippen molar-refractivity contribution in [2.45, 2.75) is 37.4 Å². The van der Waals surface area contributed by atoms with E-state index >= 15 is 0 Å². The Morgan fingerprint density at radius 2 is 1.90 bits per heavy atom. The van der Waals surface area contributed by atoms with Crippen molar-refractivity contribution in [3.63, 3.8) is 0 Å². The predicted molar refractivity (Wildman–Crippen MR) is 114 cm³/mol. The summed E-state index contributed by atoms with van der Waals surface area (Å²) >= 11 is 1.36. The molecule has 0 saturated carbocycles. The van der Waals surface area contributed by atoms with Crippen LogP contribution in [0.2, 0.25) is 0 Å². The number of benzene rings is 1. The normalized spacial score (nSPS) is 14.6. The van der Waals surface area contributed by atoms with Gasteiger partial charge in [0.25, 0.3) is 0 Å². The molecule has 4 rings (SSSR count). The SMILES string of the molecule is O=C(CSc1nncn1Cc1ccco1)Nc1ccc(N2CCCCCC2)cc1. The van der Waals surface area contributed by atoms with Crippen molar-refractivity contribution in [1.29, 1.82) is 0 Å². The topological polar surface area (TPSA) is 76.2 Å². The first kappa shape index (κ1) is 19.6. The monoisotopic (exact) mass is 411 g/mol. The van der Waals surface area contributed by atoms with Gasteiger partial charge in [0.2, 0.25) is 5.91 Å². The van der Waals surface area contributed by atoms with E-state index < -0.39 is 0 Å². The standard InChI is InChI=1S/C21H25N5O2S/c27-20(15-29-21-24-22-16-26(21)14-19-6-5-13-28-19)23-17-7-9-18(10-8-17)25-11-3-1-2-4-12-25/h5-10,13,16H,1-4,11-12,14-15H2,(H,23,27). The van der Waals surface area contributed by atoms with Gasteiger partial charge >= 0.3 is 0 Å². The Morgan fingerprint density at radius 3 is 2.62 bits per heavy atom. The summed E-state index contributed by atoms with van der Waals surface area (Å²) < 4.78 is 7.23. The molecule has 3 aromatic rings. The summed E-state index contributed by atoms with van der Waals surface area (Å²) in [4.78, 5) is 14.8. The molecular formula is C21H25N5O2S. The summed E-state index contributed by atoms with van der Waals surface area (Å²) in [6.45, 7) is 2.77. The number of nitrogens with one attached hydrogen (secondary N) is 1. The molecule has 1 N–H and O–H groups in total. The van der Waals surface area contributed by atoms with Gasteiger partial charge in [0.1, 0.15) is 12.1 Å². The van der Waals surface area contributed by atoms with E-state index in [1.54, 1.807) is 12.6 Å². The molecule has 29 heavy (non-hydrogen) atoms. The van der Waals surface area contributed by atoms with Gasteiger partial charge in [0.15, 0.2) is 5.16 Å². The lowest BCUT2D eigenvalue weighted by atomic mass is 10.2. The average molecular weight is 412 g/mol. The number of amides is 1. The van der Waals surface area contributed by atoms with E-state index in [-0.39, 0.29) is 11.7 Å². The first-order valence-electron chi connectivity index (χ1n) is 9.96. The highest BCUT2D eigenvalue weighted by Gasteiger charge is 2.12. The highest BCUT2D eigenvalue weighted by Crippen LogP contribution is 2.22. The van der Waals surface area contributed by atoms with Crippen LogP contribution >= 0.6 is 11.8 Å². The number of aromatic nitrogens is 3. The van der Waals surface area contributed by atoms with Crippen LogP contribution in [0.15, 0.2) is 58.6 Å². The predicted octanol–water partition coefficient (Wildman–Crippen LogP) is 4.03. The van der Waals surface area contributed by atoms with Crippen LogP contribution in [0.5, 0.6) is 0 Å². The van der Waals surface area contributed by atoms with Crippen molar-refractivity contribution in [2.24, 2.45) is 0 Å². The number of furan rings is 1. The molecule has 1 fully saturated rings. The number of nitrogens with zero attached hydrogens (tertiary/aromatic N) is 4. The molecule has 0 radical (unpaired) electrons. The third-order valence-electron chi connectivity index (χ3n) is 4.94. The van der Waals surface area contributed by atoms with E-state index in [1.807, 2.05) is 28.8 Å². The minimum Gasteiger partial charge on any atom is -0.467 e. The molecule has 7 nitrogen and oxygen atoms in total. The number of hydrogen-bond donors (Lipinski definition) is 1. The number of thioether (sulfide) groups is 1. The fourth-order valence-corrected chi connectivity index (χ4v) is 4.16. The number of carbonyl (C=O) groups excluding carboxylic acids is 1. The molecule has 0 spiro atoms. The second kappa shape index (κ2) is 9.65. The van der Waals surface area contributed by atoms with E-state index in [4.69, 9.17) is 4.42 Å². The summed E-state index contributed by atoms with van der Waals surface area (Å²) in [5, 5.41) is 11.7. The molecule has 0 unspecified atom stereocenters. The van der Waals surface area contributed by atoms with Crippen molar-refractivity contribution in [1.82, 2.24) is 14.8 Å². The lowest BCUT2D eigenvalue weighted by molar-refractivity contribution is -0.113. The van der Waals surface area contributed by atoms with Crippen LogP contribution in [0.3, 0.4) is 0 Å². The maximum atomic E-state index is 12.3. The largest absolute Gasteiger partial charge is 0.467 e. The molecule has 1 amide bonds. The molecule has 1 aliphatic rings. The summed E-state index contributed by atoms with van der Waals surface area (Å²) in [5.41, 5.74) is 2.04. The van der Waals surface area contributed by atoms with Crippen LogP contribution in [0, 0.1) is 0 Å². The van der Waals surface area contributed by atoms with Crippen molar-refractivity contribution < 1.29 is 9.21 Å². The summed E-state index contributed by atoms with van der Waals surface area (Å²) in [6.07, 6.45) is 8.41. The highest BCUT2D eigenvalue weighted by molar-refractivity contribution is 7.99. The minimum absolute atomic E-state index is 0.0647. The van der Waals surface area contributed by atoms with Gasteiger partial charge in [-0.1, -0.05) is 24.6 Å².